The summed E-state index contributed by atoms with van der Waals surface area (Å²) in [5.41, 5.74) is 0. The van der Waals surface area contributed by atoms with Gasteiger partial charge in [-0.05, 0) is 33.3 Å². The highest BCUT2D eigenvalue weighted by Gasteiger charge is 2.06. The lowest BCUT2D eigenvalue weighted by molar-refractivity contribution is 0.754. The van der Waals surface area contributed by atoms with E-state index in [0.717, 1.165) is 31.3 Å². The molecular formula is C12H22N4. The molecule has 1 N–H and O–H groups in total. The number of hydrogen-bond donors (Lipinski definition) is 1. The van der Waals surface area contributed by atoms with Crippen molar-refractivity contribution in [1.82, 2.24) is 9.97 Å². The van der Waals surface area contributed by atoms with Gasteiger partial charge in [-0.1, -0.05) is 6.92 Å². The van der Waals surface area contributed by atoms with Crippen LogP contribution in [0.25, 0.3) is 0 Å². The Kier molecular flexibility index (Phi) is 5.02. The lowest BCUT2D eigenvalue weighted by Crippen LogP contribution is -2.25. The Morgan fingerprint density at radius 1 is 1.31 bits per heavy atom. The summed E-state index contributed by atoms with van der Waals surface area (Å²) in [5.74, 6) is 1.71. The van der Waals surface area contributed by atoms with E-state index in [-0.39, 0.29) is 0 Å². The van der Waals surface area contributed by atoms with E-state index >= 15 is 0 Å². The molecule has 90 valence electrons. The van der Waals surface area contributed by atoms with E-state index in [1.165, 1.54) is 0 Å². The molecule has 0 bridgehead atoms. The normalized spacial score (nSPS) is 12.2. The van der Waals surface area contributed by atoms with Gasteiger partial charge in [0.1, 0.15) is 5.82 Å². The van der Waals surface area contributed by atoms with Gasteiger partial charge in [0.15, 0.2) is 0 Å². The van der Waals surface area contributed by atoms with Gasteiger partial charge in [-0.15, -0.1) is 0 Å². The quantitative estimate of drug-likeness (QED) is 0.803. The van der Waals surface area contributed by atoms with Crippen LogP contribution in [-0.2, 0) is 0 Å². The zero-order chi connectivity index (χ0) is 12.0. The van der Waals surface area contributed by atoms with Gasteiger partial charge in [0, 0.05) is 25.3 Å². The SMILES string of the molecule is CCC(C)Nc1ccnc(N(CC)CC)n1. The molecule has 1 aromatic heterocycles. The number of anilines is 2. The molecule has 16 heavy (non-hydrogen) atoms. The topological polar surface area (TPSA) is 41.1 Å². The Bertz CT molecular complexity index is 310. The fourth-order valence-electron chi connectivity index (χ4n) is 1.44. The van der Waals surface area contributed by atoms with Crippen molar-refractivity contribution in [2.45, 2.75) is 40.2 Å². The smallest absolute Gasteiger partial charge is 0.227 e. The fraction of sp³-hybridized carbons (Fsp3) is 0.667. The molecule has 4 heteroatoms. The molecule has 0 aromatic carbocycles. The number of nitrogens with one attached hydrogen (secondary N) is 1. The van der Waals surface area contributed by atoms with E-state index in [9.17, 15) is 0 Å². The summed E-state index contributed by atoms with van der Waals surface area (Å²) in [6.07, 6.45) is 2.90. The number of rotatable bonds is 6. The van der Waals surface area contributed by atoms with Crippen LogP contribution in [0.4, 0.5) is 11.8 Å². The second-order valence-electron chi connectivity index (χ2n) is 3.87. The van der Waals surface area contributed by atoms with Gasteiger partial charge in [0.25, 0.3) is 0 Å². The second-order valence-corrected chi connectivity index (χ2v) is 3.87. The maximum Gasteiger partial charge on any atom is 0.227 e. The molecular weight excluding hydrogens is 200 g/mol. The zero-order valence-corrected chi connectivity index (χ0v) is 10.7. The average molecular weight is 222 g/mol. The summed E-state index contributed by atoms with van der Waals surface area (Å²) in [5, 5.41) is 3.36. The largest absolute Gasteiger partial charge is 0.367 e. The molecule has 4 nitrogen and oxygen atoms in total. The number of aromatic nitrogens is 2. The summed E-state index contributed by atoms with van der Waals surface area (Å²) in [6, 6.07) is 2.36. The predicted molar refractivity (Wildman–Crippen MR) is 69.0 cm³/mol. The van der Waals surface area contributed by atoms with Crippen molar-refractivity contribution in [3.05, 3.63) is 12.3 Å². The van der Waals surface area contributed by atoms with Crippen molar-refractivity contribution in [1.29, 1.82) is 0 Å². The van der Waals surface area contributed by atoms with Gasteiger partial charge >= 0.3 is 0 Å². The number of hydrogen-bond acceptors (Lipinski definition) is 4. The molecule has 0 aliphatic rings. The molecule has 0 aliphatic carbocycles. The summed E-state index contributed by atoms with van der Waals surface area (Å²) >= 11 is 0. The minimum atomic E-state index is 0.444. The van der Waals surface area contributed by atoms with Crippen LogP contribution < -0.4 is 10.2 Å². The summed E-state index contributed by atoms with van der Waals surface area (Å²) in [7, 11) is 0. The van der Waals surface area contributed by atoms with Crippen LogP contribution in [0.15, 0.2) is 12.3 Å². The van der Waals surface area contributed by atoms with Gasteiger partial charge < -0.3 is 10.2 Å². The highest BCUT2D eigenvalue weighted by atomic mass is 15.3. The van der Waals surface area contributed by atoms with Crippen LogP contribution in [0.3, 0.4) is 0 Å². The molecule has 0 aliphatic heterocycles. The van der Waals surface area contributed by atoms with E-state index in [4.69, 9.17) is 0 Å². The maximum absolute atomic E-state index is 4.51. The summed E-state index contributed by atoms with van der Waals surface area (Å²) in [6.45, 7) is 10.4. The van der Waals surface area contributed by atoms with Crippen molar-refractivity contribution in [2.24, 2.45) is 0 Å². The van der Waals surface area contributed by atoms with Crippen molar-refractivity contribution >= 4 is 11.8 Å². The van der Waals surface area contributed by atoms with E-state index < -0.39 is 0 Å². The third kappa shape index (κ3) is 3.36. The Morgan fingerprint density at radius 3 is 2.56 bits per heavy atom. The van der Waals surface area contributed by atoms with Gasteiger partial charge in [-0.3, -0.25) is 0 Å². The van der Waals surface area contributed by atoms with Gasteiger partial charge in [-0.25, -0.2) is 4.98 Å². The van der Waals surface area contributed by atoms with Crippen LogP contribution >= 0.6 is 0 Å². The molecule has 1 unspecified atom stereocenters. The molecule has 0 fully saturated rings. The first kappa shape index (κ1) is 12.7. The molecule has 1 heterocycles. The van der Waals surface area contributed by atoms with E-state index in [1.807, 2.05) is 12.3 Å². The standard InChI is InChI=1S/C12H22N4/c1-5-10(4)14-11-8-9-13-12(15-11)16(6-2)7-3/h8-10H,5-7H2,1-4H3,(H,13,14,15). The molecule has 0 saturated heterocycles. The van der Waals surface area contributed by atoms with Crippen molar-refractivity contribution in [3.63, 3.8) is 0 Å². The summed E-state index contributed by atoms with van der Waals surface area (Å²) in [4.78, 5) is 10.9. The van der Waals surface area contributed by atoms with Gasteiger partial charge in [0.05, 0.1) is 0 Å². The highest BCUT2D eigenvalue weighted by molar-refractivity contribution is 5.41. The molecule has 1 atom stereocenters. The molecule has 1 aromatic rings. The lowest BCUT2D eigenvalue weighted by Gasteiger charge is -2.19. The Balaban J connectivity index is 2.77. The second kappa shape index (κ2) is 6.30. The first-order valence-corrected chi connectivity index (χ1v) is 6.05. The average Bonchev–Trinajstić information content (AvgIpc) is 2.31. The van der Waals surface area contributed by atoms with Crippen molar-refractivity contribution in [3.8, 4) is 0 Å². The molecule has 0 amide bonds. The third-order valence-electron chi connectivity index (χ3n) is 2.70. The number of nitrogens with zero attached hydrogens (tertiary/aromatic N) is 3. The molecule has 1 rings (SSSR count). The highest BCUT2D eigenvalue weighted by Crippen LogP contribution is 2.11. The monoisotopic (exact) mass is 222 g/mol. The van der Waals surface area contributed by atoms with Crippen LogP contribution in [-0.4, -0.2) is 29.1 Å². The Labute approximate surface area is 98.1 Å². The van der Waals surface area contributed by atoms with E-state index in [1.54, 1.807) is 0 Å². The molecule has 0 spiro atoms. The predicted octanol–water partition coefficient (Wildman–Crippen LogP) is 2.53. The van der Waals surface area contributed by atoms with Gasteiger partial charge in [0.2, 0.25) is 5.95 Å². The van der Waals surface area contributed by atoms with E-state index in [0.29, 0.717) is 6.04 Å². The zero-order valence-electron chi connectivity index (χ0n) is 10.7. The minimum absolute atomic E-state index is 0.444. The Hall–Kier alpha value is -1.32. The van der Waals surface area contributed by atoms with Crippen LogP contribution in [0.5, 0.6) is 0 Å². The molecule has 0 radical (unpaired) electrons. The van der Waals surface area contributed by atoms with Crippen molar-refractivity contribution < 1.29 is 0 Å². The Morgan fingerprint density at radius 2 is 2.00 bits per heavy atom. The lowest BCUT2D eigenvalue weighted by atomic mass is 10.2. The van der Waals surface area contributed by atoms with E-state index in [2.05, 4.69) is 47.9 Å². The van der Waals surface area contributed by atoms with Crippen molar-refractivity contribution in [2.75, 3.05) is 23.3 Å². The maximum atomic E-state index is 4.51. The molecule has 0 saturated carbocycles. The third-order valence-corrected chi connectivity index (χ3v) is 2.70. The summed E-state index contributed by atoms with van der Waals surface area (Å²) < 4.78 is 0. The van der Waals surface area contributed by atoms with Crippen LogP contribution in [0, 0.1) is 0 Å². The fourth-order valence-corrected chi connectivity index (χ4v) is 1.44. The minimum Gasteiger partial charge on any atom is -0.367 e. The van der Waals surface area contributed by atoms with Crippen LogP contribution in [0.2, 0.25) is 0 Å². The first-order chi connectivity index (χ1) is 7.71. The first-order valence-electron chi connectivity index (χ1n) is 6.05. The van der Waals surface area contributed by atoms with Gasteiger partial charge in [-0.2, -0.15) is 4.98 Å². The van der Waals surface area contributed by atoms with Crippen LogP contribution in [0.1, 0.15) is 34.1 Å².